The van der Waals surface area contributed by atoms with Gasteiger partial charge in [0.15, 0.2) is 0 Å². The number of rotatable bonds is 12. The quantitative estimate of drug-likeness (QED) is 0.0472. The molecule has 0 atom stereocenters. The van der Waals surface area contributed by atoms with E-state index in [1.54, 1.807) is 20.8 Å². The number of nitrogens with zero attached hydrogens (tertiary/aromatic N) is 2. The van der Waals surface area contributed by atoms with E-state index in [-0.39, 0.29) is 92.0 Å². The molecule has 0 aliphatic rings. The molecule has 21 heteroatoms. The highest BCUT2D eigenvalue weighted by atomic mass is 17.1. The van der Waals surface area contributed by atoms with Crippen molar-refractivity contribution in [2.24, 2.45) is 0 Å². The molecule has 0 rings (SSSR count). The number of Topliss-reactive ketones (excluding diaryl/α,β-unsaturated/α-hetero) is 2. The topological polar surface area (TPSA) is 307 Å². The molecule has 0 saturated carbocycles. The molecule has 334 valence electrons. The summed E-state index contributed by atoms with van der Waals surface area (Å²) in [7, 11) is 0. The van der Waals surface area contributed by atoms with Crippen molar-refractivity contribution >= 4 is 64.9 Å². The molecule has 0 saturated heterocycles. The van der Waals surface area contributed by atoms with Crippen LogP contribution in [0.15, 0.2) is 0 Å². The third-order valence-electron chi connectivity index (χ3n) is 4.52. The first-order valence-electron chi connectivity index (χ1n) is 15.5. The molecule has 0 radical (unpaired) electrons. The van der Waals surface area contributed by atoms with E-state index >= 15 is 0 Å². The first-order chi connectivity index (χ1) is 23.9. The number of amides is 6. The average Bonchev–Trinajstić information content (AvgIpc) is 3.01. The molecule has 0 aromatic rings. The maximum atomic E-state index is 11.1. The highest BCUT2D eigenvalue weighted by molar-refractivity contribution is 5.95. The molecule has 0 aliphatic carbocycles. The van der Waals surface area contributed by atoms with E-state index in [1.807, 2.05) is 0 Å². The van der Waals surface area contributed by atoms with Crippen molar-refractivity contribution in [1.29, 1.82) is 0 Å². The summed E-state index contributed by atoms with van der Waals surface area (Å²) >= 11 is 0. The number of carbonyl (C=O) groups is 11. The highest BCUT2D eigenvalue weighted by Crippen LogP contribution is 1.96. The van der Waals surface area contributed by atoms with E-state index in [9.17, 15) is 52.7 Å². The van der Waals surface area contributed by atoms with Crippen molar-refractivity contribution in [3.05, 3.63) is 0 Å². The van der Waals surface area contributed by atoms with Gasteiger partial charge in [-0.3, -0.25) is 53.0 Å². The predicted octanol–water partition coefficient (Wildman–Crippen LogP) is 2.50. The summed E-state index contributed by atoms with van der Waals surface area (Å²) in [6, 6.07) is 0. The van der Waals surface area contributed by atoms with Crippen molar-refractivity contribution < 1.29 is 82.9 Å². The van der Waals surface area contributed by atoms with E-state index < -0.39 is 41.5 Å². The highest BCUT2D eigenvalue weighted by Gasteiger charge is 2.18. The van der Waals surface area contributed by atoms with Crippen LogP contribution in [0.5, 0.6) is 0 Å². The Kier molecular flexibility index (Phi) is 70.3. The fourth-order valence-corrected chi connectivity index (χ4v) is 2.47. The van der Waals surface area contributed by atoms with E-state index in [0.717, 1.165) is 9.80 Å². The maximum absolute atomic E-state index is 11.1. The summed E-state index contributed by atoms with van der Waals surface area (Å²) in [5.74, 6) is -4.22. The zero-order valence-corrected chi connectivity index (χ0v) is 31.8. The van der Waals surface area contributed by atoms with Crippen LogP contribution in [-0.4, -0.2) is 130 Å². The van der Waals surface area contributed by atoms with E-state index in [4.69, 9.17) is 15.6 Å². The van der Waals surface area contributed by atoms with Crippen LogP contribution in [0.2, 0.25) is 0 Å². The van der Waals surface area contributed by atoms with Crippen LogP contribution >= 0.6 is 0 Å². The molecule has 0 aromatic carbocycles. The van der Waals surface area contributed by atoms with Gasteiger partial charge in [0.1, 0.15) is 24.4 Å². The summed E-state index contributed by atoms with van der Waals surface area (Å²) in [4.78, 5) is 123. The lowest BCUT2D eigenvalue weighted by Crippen LogP contribution is -2.43. The van der Waals surface area contributed by atoms with Crippen LogP contribution in [0.1, 0.15) is 125 Å². The van der Waals surface area contributed by atoms with Gasteiger partial charge in [-0.25, -0.2) is 9.59 Å². The van der Waals surface area contributed by atoms with Gasteiger partial charge in [0, 0.05) is 80.7 Å². The van der Waals surface area contributed by atoms with Crippen molar-refractivity contribution in [3.63, 3.8) is 0 Å². The minimum atomic E-state index is -0.919. The Balaban J connectivity index is -0.0000000589. The lowest BCUT2D eigenvalue weighted by atomic mass is 10.3. The van der Waals surface area contributed by atoms with Crippen LogP contribution in [0.25, 0.3) is 0 Å². The van der Waals surface area contributed by atoms with Gasteiger partial charge < -0.3 is 30.3 Å². The lowest BCUT2D eigenvalue weighted by Gasteiger charge is -2.22. The Morgan fingerprint density at radius 3 is 0.911 bits per heavy atom. The molecule has 21 nitrogen and oxygen atoms in total. The van der Waals surface area contributed by atoms with E-state index in [2.05, 4.69) is 25.1 Å². The SMILES string of the molecule is C.C.C.C.CC(=O)CC(=O)OO.CC(=O)N(CCN(C(C)=O)C(C)=O)C(C)=O.CC(=O)NCCNC(C)=O.CCC(=O)OO.CCO.CCOC(=O)CC(C)=O. The molecule has 0 spiro atoms. The molecule has 0 bridgehead atoms. The number of ketones is 2. The molecule has 0 unspecified atom stereocenters. The molecule has 0 aliphatic heterocycles. The van der Waals surface area contributed by atoms with E-state index in [0.29, 0.717) is 19.7 Å². The lowest BCUT2D eigenvalue weighted by molar-refractivity contribution is -0.234. The number of hydrogen-bond donors (Lipinski definition) is 5. The number of hydrogen-bond acceptors (Lipinski definition) is 17. The first kappa shape index (κ1) is 75.7. The molecule has 56 heavy (non-hydrogen) atoms. The fourth-order valence-electron chi connectivity index (χ4n) is 2.47. The Morgan fingerprint density at radius 2 is 0.768 bits per heavy atom. The van der Waals surface area contributed by atoms with Gasteiger partial charge >= 0.3 is 17.9 Å². The Morgan fingerprint density at radius 1 is 0.500 bits per heavy atom. The van der Waals surface area contributed by atoms with Crippen molar-refractivity contribution in [2.75, 3.05) is 39.4 Å². The third-order valence-corrected chi connectivity index (χ3v) is 4.52. The van der Waals surface area contributed by atoms with Crippen LogP contribution in [-0.2, 0) is 67.3 Å². The number of carbonyl (C=O) groups excluding carboxylic acids is 11. The van der Waals surface area contributed by atoms with Gasteiger partial charge in [0.05, 0.1) is 6.61 Å². The predicted molar refractivity (Wildman–Crippen MR) is 208 cm³/mol. The second-order valence-corrected chi connectivity index (χ2v) is 9.50. The smallest absolute Gasteiger partial charge is 0.349 e. The number of nitrogens with one attached hydrogen (secondary N) is 2. The van der Waals surface area contributed by atoms with Gasteiger partial charge in [0.2, 0.25) is 35.4 Å². The van der Waals surface area contributed by atoms with Crippen LogP contribution < -0.4 is 10.6 Å². The zero-order chi connectivity index (χ0) is 42.4. The molecule has 5 N–H and O–H groups in total. The summed E-state index contributed by atoms with van der Waals surface area (Å²) in [6.07, 6.45) is -0.249. The number of aliphatic hydroxyl groups is 1. The van der Waals surface area contributed by atoms with Crippen LogP contribution in [0.3, 0.4) is 0 Å². The molecular formula is C35H72N4O17. The van der Waals surface area contributed by atoms with Gasteiger partial charge in [-0.1, -0.05) is 36.6 Å². The Hall–Kier alpha value is -5.15. The summed E-state index contributed by atoms with van der Waals surface area (Å²) < 4.78 is 4.49. The van der Waals surface area contributed by atoms with E-state index in [1.165, 1.54) is 55.4 Å². The molecule has 0 heterocycles. The normalized spacial score (nSPS) is 7.96. The summed E-state index contributed by atoms with van der Waals surface area (Å²) in [5, 5.41) is 27.7. The number of esters is 1. The first-order valence-corrected chi connectivity index (χ1v) is 15.5. The standard InChI is InChI=1S/C10H16N2O4.C6H12N2O2.C6H10O3.C4H6O4.C3H6O3.C2H6O.4CH4/c1-7(13)11(8(2)14)5-6-12(9(3)15)10(4)16;1-5(9)7-3-4-8-6(2)10;1-3-9-6(8)4-5(2)7;1-3(5)2-4(6)8-7;1-2-3(4)6-5;1-2-3;;;;/h5-6H2,1-4H3;3-4H2,1-2H3,(H,7,9)(H,8,10);3-4H2,1-2H3;7H,2H2,1H3;5H,2H2,1H3;3H,2H2,1H3;4*1H4. The number of imide groups is 2. The van der Waals surface area contributed by atoms with Crippen molar-refractivity contribution in [2.45, 2.75) is 125 Å². The third kappa shape index (κ3) is 70.4. The van der Waals surface area contributed by atoms with Crippen molar-refractivity contribution in [1.82, 2.24) is 20.4 Å². The van der Waals surface area contributed by atoms with Gasteiger partial charge in [-0.05, 0) is 27.7 Å². The van der Waals surface area contributed by atoms with Gasteiger partial charge in [-0.2, -0.15) is 10.5 Å². The molecule has 6 amide bonds. The van der Waals surface area contributed by atoms with Gasteiger partial charge in [-0.15, -0.1) is 0 Å². The zero-order valence-electron chi connectivity index (χ0n) is 31.8. The summed E-state index contributed by atoms with van der Waals surface area (Å²) in [6.45, 7) is 17.1. The Bertz CT molecular complexity index is 1050. The average molecular weight is 821 g/mol. The Labute approximate surface area is 332 Å². The number of ether oxygens (including phenoxy) is 1. The minimum absolute atomic E-state index is 0. The molecule has 0 fully saturated rings. The van der Waals surface area contributed by atoms with Gasteiger partial charge in [0.25, 0.3) is 0 Å². The van der Waals surface area contributed by atoms with Crippen LogP contribution in [0, 0.1) is 0 Å². The minimum Gasteiger partial charge on any atom is -0.466 e. The largest absolute Gasteiger partial charge is 0.466 e. The van der Waals surface area contributed by atoms with Crippen molar-refractivity contribution in [3.8, 4) is 0 Å². The second kappa shape index (κ2) is 52.0. The summed E-state index contributed by atoms with van der Waals surface area (Å²) in [5.41, 5.74) is 0. The molecule has 0 aromatic heterocycles. The fraction of sp³-hybridized carbons (Fsp3) is 0.686. The molecular weight excluding hydrogens is 748 g/mol. The second-order valence-electron chi connectivity index (χ2n) is 9.50. The van der Waals surface area contributed by atoms with Crippen LogP contribution in [0.4, 0.5) is 0 Å². The number of aliphatic hydroxyl groups excluding tert-OH is 1. The maximum Gasteiger partial charge on any atom is 0.349 e. The monoisotopic (exact) mass is 820 g/mol.